The fraction of sp³-hybridized carbons (Fsp3) is 0.471. The van der Waals surface area contributed by atoms with E-state index in [1.807, 2.05) is 11.8 Å². The lowest BCUT2D eigenvalue weighted by molar-refractivity contribution is -0.134. The molecule has 24 heavy (non-hydrogen) atoms. The van der Waals surface area contributed by atoms with E-state index in [4.69, 9.17) is 0 Å². The lowest BCUT2D eigenvalue weighted by Crippen LogP contribution is -2.43. The molecule has 0 radical (unpaired) electrons. The second kappa shape index (κ2) is 7.25. The molecule has 1 aromatic rings. The Kier molecular flexibility index (Phi) is 5.08. The molecule has 2 aliphatic heterocycles. The summed E-state index contributed by atoms with van der Waals surface area (Å²) in [5.74, 6) is -0.491. The number of amides is 4. The number of nitrogens with one attached hydrogen (secondary N) is 2. The summed E-state index contributed by atoms with van der Waals surface area (Å²) < 4.78 is 0. The molecular formula is C17H21N3O3S. The van der Waals surface area contributed by atoms with Crippen LogP contribution in [0.15, 0.2) is 29.2 Å². The molecule has 0 aromatic heterocycles. The normalized spacial score (nSPS) is 21.5. The molecule has 6 nitrogen and oxygen atoms in total. The van der Waals surface area contributed by atoms with Gasteiger partial charge in [0.15, 0.2) is 0 Å². The van der Waals surface area contributed by atoms with E-state index in [1.54, 1.807) is 4.90 Å². The van der Waals surface area contributed by atoms with Gasteiger partial charge < -0.3 is 10.2 Å². The van der Waals surface area contributed by atoms with Crippen LogP contribution in [0.1, 0.15) is 24.8 Å². The van der Waals surface area contributed by atoms with Crippen LogP contribution in [0.4, 0.5) is 4.79 Å². The van der Waals surface area contributed by atoms with E-state index >= 15 is 0 Å². The number of nitrogens with zero attached hydrogens (tertiary/aromatic N) is 1. The molecule has 2 aliphatic rings. The first-order valence-electron chi connectivity index (χ1n) is 8.14. The van der Waals surface area contributed by atoms with Gasteiger partial charge in [0.05, 0.1) is 6.42 Å². The van der Waals surface area contributed by atoms with Gasteiger partial charge in [-0.2, -0.15) is 0 Å². The fourth-order valence-corrected chi connectivity index (χ4v) is 4.25. The molecule has 7 heteroatoms. The van der Waals surface area contributed by atoms with Crippen molar-refractivity contribution in [3.8, 4) is 0 Å². The number of aryl methyl sites for hydroxylation is 1. The minimum absolute atomic E-state index is 0.0350. The van der Waals surface area contributed by atoms with Gasteiger partial charge in [-0.1, -0.05) is 17.7 Å². The van der Waals surface area contributed by atoms with E-state index in [2.05, 4.69) is 41.8 Å². The highest BCUT2D eigenvalue weighted by Crippen LogP contribution is 2.31. The standard InChI is InChI=1S/C17H21N3O3S/c1-11-3-2-4-13(9-11)24-12-5-7-20(8-6-12)15(21)10-14-16(22)19-17(23)18-14/h2-4,9,12,14H,5-8,10H2,1H3,(H2,18,19,22,23)/t14-/m0/s1. The van der Waals surface area contributed by atoms with Crippen LogP contribution in [0.3, 0.4) is 0 Å². The highest BCUT2D eigenvalue weighted by atomic mass is 32.2. The Bertz CT molecular complexity index is 656. The van der Waals surface area contributed by atoms with E-state index in [0.717, 1.165) is 12.8 Å². The monoisotopic (exact) mass is 347 g/mol. The highest BCUT2D eigenvalue weighted by molar-refractivity contribution is 8.00. The molecule has 1 aromatic carbocycles. The van der Waals surface area contributed by atoms with E-state index in [-0.39, 0.29) is 12.3 Å². The number of piperidine rings is 1. The largest absolute Gasteiger partial charge is 0.343 e. The average Bonchev–Trinajstić information content (AvgIpc) is 2.85. The summed E-state index contributed by atoms with van der Waals surface area (Å²) >= 11 is 1.87. The lowest BCUT2D eigenvalue weighted by atomic mass is 10.1. The second-order valence-corrected chi connectivity index (χ2v) is 7.61. The molecule has 0 unspecified atom stereocenters. The first kappa shape index (κ1) is 16.8. The zero-order valence-electron chi connectivity index (χ0n) is 13.6. The van der Waals surface area contributed by atoms with Gasteiger partial charge in [0.2, 0.25) is 5.91 Å². The van der Waals surface area contributed by atoms with Crippen LogP contribution < -0.4 is 10.6 Å². The zero-order chi connectivity index (χ0) is 17.1. The maximum absolute atomic E-state index is 12.3. The van der Waals surface area contributed by atoms with Crippen molar-refractivity contribution < 1.29 is 14.4 Å². The summed E-state index contributed by atoms with van der Waals surface area (Å²) in [6.07, 6.45) is 1.91. The number of hydrogen-bond acceptors (Lipinski definition) is 4. The third kappa shape index (κ3) is 4.08. The minimum Gasteiger partial charge on any atom is -0.343 e. The Morgan fingerprint density at radius 3 is 2.67 bits per heavy atom. The predicted molar refractivity (Wildman–Crippen MR) is 91.7 cm³/mol. The van der Waals surface area contributed by atoms with E-state index in [1.165, 1.54) is 10.5 Å². The van der Waals surface area contributed by atoms with E-state index in [9.17, 15) is 14.4 Å². The molecule has 2 N–H and O–H groups in total. The molecule has 0 saturated carbocycles. The number of thioether (sulfide) groups is 1. The van der Waals surface area contributed by atoms with Crippen LogP contribution in [0.5, 0.6) is 0 Å². The van der Waals surface area contributed by atoms with Crippen molar-refractivity contribution in [3.05, 3.63) is 29.8 Å². The zero-order valence-corrected chi connectivity index (χ0v) is 14.4. The number of urea groups is 1. The van der Waals surface area contributed by atoms with Crippen LogP contribution in [-0.2, 0) is 9.59 Å². The number of imide groups is 1. The first-order valence-corrected chi connectivity index (χ1v) is 9.01. The quantitative estimate of drug-likeness (QED) is 0.812. The van der Waals surface area contributed by atoms with Crippen LogP contribution in [0, 0.1) is 6.92 Å². The second-order valence-electron chi connectivity index (χ2n) is 6.23. The van der Waals surface area contributed by atoms with Crippen LogP contribution in [0.25, 0.3) is 0 Å². The van der Waals surface area contributed by atoms with Crippen molar-refractivity contribution >= 4 is 29.6 Å². The molecular weight excluding hydrogens is 326 g/mol. The van der Waals surface area contributed by atoms with E-state index < -0.39 is 18.0 Å². The summed E-state index contributed by atoms with van der Waals surface area (Å²) in [4.78, 5) is 38.0. The van der Waals surface area contributed by atoms with Crippen molar-refractivity contribution in [2.75, 3.05) is 13.1 Å². The molecule has 2 saturated heterocycles. The third-order valence-corrected chi connectivity index (χ3v) is 5.66. The number of hydrogen-bond donors (Lipinski definition) is 2. The SMILES string of the molecule is Cc1cccc(SC2CCN(C(=O)C[C@@H]3NC(=O)NC3=O)CC2)c1. The summed E-state index contributed by atoms with van der Waals surface area (Å²) in [5, 5.41) is 5.13. The number of carbonyl (C=O) groups excluding carboxylic acids is 3. The summed E-state index contributed by atoms with van der Waals surface area (Å²) in [6, 6.07) is 7.20. The van der Waals surface area contributed by atoms with Gasteiger partial charge in [-0.3, -0.25) is 14.9 Å². The molecule has 0 aliphatic carbocycles. The van der Waals surface area contributed by atoms with Crippen molar-refractivity contribution in [1.82, 2.24) is 15.5 Å². The van der Waals surface area contributed by atoms with Gasteiger partial charge in [-0.05, 0) is 31.9 Å². The van der Waals surface area contributed by atoms with Crippen molar-refractivity contribution in [3.63, 3.8) is 0 Å². The Morgan fingerprint density at radius 2 is 2.04 bits per heavy atom. The molecule has 128 valence electrons. The van der Waals surface area contributed by atoms with Crippen LogP contribution in [-0.4, -0.2) is 47.1 Å². The maximum atomic E-state index is 12.3. The summed E-state index contributed by atoms with van der Waals surface area (Å²) in [5.41, 5.74) is 1.25. The number of rotatable bonds is 4. The van der Waals surface area contributed by atoms with Gasteiger partial charge >= 0.3 is 6.03 Å². The van der Waals surface area contributed by atoms with Gasteiger partial charge in [0.1, 0.15) is 6.04 Å². The Balaban J connectivity index is 1.47. The number of benzene rings is 1. The maximum Gasteiger partial charge on any atom is 0.322 e. The molecule has 4 amide bonds. The van der Waals surface area contributed by atoms with Gasteiger partial charge in [-0.15, -0.1) is 11.8 Å². The highest BCUT2D eigenvalue weighted by Gasteiger charge is 2.33. The smallest absolute Gasteiger partial charge is 0.322 e. The molecule has 2 fully saturated rings. The third-order valence-electron chi connectivity index (χ3n) is 4.32. The van der Waals surface area contributed by atoms with Crippen LogP contribution in [0.2, 0.25) is 0 Å². The first-order chi connectivity index (χ1) is 11.5. The summed E-state index contributed by atoms with van der Waals surface area (Å²) in [7, 11) is 0. The lowest BCUT2D eigenvalue weighted by Gasteiger charge is -2.32. The van der Waals surface area contributed by atoms with Gasteiger partial charge in [0, 0.05) is 23.2 Å². The molecule has 2 heterocycles. The van der Waals surface area contributed by atoms with Gasteiger partial charge in [-0.25, -0.2) is 4.79 Å². The predicted octanol–water partition coefficient (Wildman–Crippen LogP) is 1.68. The Labute approximate surface area is 145 Å². The topological polar surface area (TPSA) is 78.5 Å². The molecule has 3 rings (SSSR count). The Morgan fingerprint density at radius 1 is 1.29 bits per heavy atom. The van der Waals surface area contributed by atoms with E-state index in [0.29, 0.717) is 18.3 Å². The molecule has 0 bridgehead atoms. The average molecular weight is 347 g/mol. The summed E-state index contributed by atoms with van der Waals surface area (Å²) in [6.45, 7) is 3.48. The Hall–Kier alpha value is -2.02. The minimum atomic E-state index is -0.732. The molecule has 0 spiro atoms. The van der Waals surface area contributed by atoms with Crippen molar-refractivity contribution in [2.45, 2.75) is 42.4 Å². The molecule has 1 atom stereocenters. The van der Waals surface area contributed by atoms with Gasteiger partial charge in [0.25, 0.3) is 5.91 Å². The number of likely N-dealkylation sites (tertiary alicyclic amines) is 1. The number of carbonyl (C=O) groups is 3. The van der Waals surface area contributed by atoms with Crippen molar-refractivity contribution in [2.24, 2.45) is 0 Å². The fourth-order valence-electron chi connectivity index (χ4n) is 3.01. The van der Waals surface area contributed by atoms with Crippen molar-refractivity contribution in [1.29, 1.82) is 0 Å². The van der Waals surface area contributed by atoms with Crippen LogP contribution >= 0.6 is 11.8 Å².